The third-order valence-corrected chi connectivity index (χ3v) is 6.52. The molecule has 0 aliphatic heterocycles. The Morgan fingerprint density at radius 1 is 1.14 bits per heavy atom. The van der Waals surface area contributed by atoms with Gasteiger partial charge in [-0.3, -0.25) is 4.21 Å². The molecule has 1 saturated carbocycles. The molecule has 1 aromatic rings. The summed E-state index contributed by atoms with van der Waals surface area (Å²) < 4.78 is 12.6. The Kier molecular flexibility index (Phi) is 2.73. The quantitative estimate of drug-likeness (QED) is 0.743. The second-order valence-electron chi connectivity index (χ2n) is 4.26. The molecule has 1 nitrogen and oxygen atoms in total. The van der Waals surface area contributed by atoms with E-state index in [1.807, 2.05) is 36.6 Å². The highest BCUT2D eigenvalue weighted by Crippen LogP contribution is 2.32. The Labute approximate surface area is 87.0 Å². The van der Waals surface area contributed by atoms with E-state index in [4.69, 9.17) is 0 Å². The number of rotatable bonds is 2. The molecule has 14 heavy (non-hydrogen) atoms. The average Bonchev–Trinajstić information content (AvgIpc) is 2.72. The van der Waals surface area contributed by atoms with Gasteiger partial charge in [-0.05, 0) is 31.2 Å². The van der Waals surface area contributed by atoms with E-state index < -0.39 is 9.93 Å². The molecule has 0 radical (unpaired) electrons. The van der Waals surface area contributed by atoms with Crippen molar-refractivity contribution in [1.29, 1.82) is 0 Å². The molecular weight excluding hydrogens is 192 g/mol. The van der Waals surface area contributed by atoms with E-state index in [1.165, 1.54) is 12.8 Å². The van der Waals surface area contributed by atoms with Gasteiger partial charge in [-0.25, -0.2) is 0 Å². The van der Waals surface area contributed by atoms with Crippen LogP contribution in [-0.4, -0.2) is 15.7 Å². The topological polar surface area (TPSA) is 17.1 Å². The van der Waals surface area contributed by atoms with E-state index in [0.717, 1.165) is 17.7 Å². The second-order valence-corrected chi connectivity index (χ2v) is 7.49. The molecule has 1 aliphatic rings. The van der Waals surface area contributed by atoms with Crippen LogP contribution in [-0.2, 0) is 9.93 Å². The monoisotopic (exact) mass is 210 g/mol. The van der Waals surface area contributed by atoms with Crippen molar-refractivity contribution in [3.05, 3.63) is 30.3 Å². The highest BCUT2D eigenvalue weighted by atomic mass is 32.2. The lowest BCUT2D eigenvalue weighted by molar-refractivity contribution is 0.658. The lowest BCUT2D eigenvalue weighted by Crippen LogP contribution is -2.24. The number of hydrogen-bond acceptors (Lipinski definition) is 1. The fourth-order valence-electron chi connectivity index (χ4n) is 2.33. The third kappa shape index (κ3) is 1.76. The van der Waals surface area contributed by atoms with Gasteiger partial charge >= 0.3 is 0 Å². The molecule has 0 atom stereocenters. The Morgan fingerprint density at radius 2 is 1.71 bits per heavy atom. The first kappa shape index (κ1) is 9.91. The van der Waals surface area contributed by atoms with Crippen LogP contribution in [0.3, 0.4) is 0 Å². The highest BCUT2D eigenvalue weighted by molar-refractivity contribution is 8.03. The standard InChI is InChI=1S/C12H18OS/c1-14(13,12-9-5-6-10-12)11-7-3-2-4-8-11/h2-4,7-8,12,14H,5-6,9-10H2,1H3. The van der Waals surface area contributed by atoms with Crippen LogP contribution < -0.4 is 0 Å². The molecule has 0 aromatic heterocycles. The normalized spacial score (nSPS) is 19.8. The summed E-state index contributed by atoms with van der Waals surface area (Å²) in [5, 5.41) is 0.449. The minimum atomic E-state index is -2.09. The van der Waals surface area contributed by atoms with Gasteiger partial charge in [0.15, 0.2) is 0 Å². The van der Waals surface area contributed by atoms with Gasteiger partial charge in [0.1, 0.15) is 0 Å². The van der Waals surface area contributed by atoms with E-state index in [2.05, 4.69) is 0 Å². The van der Waals surface area contributed by atoms with Crippen molar-refractivity contribution in [3.63, 3.8) is 0 Å². The van der Waals surface area contributed by atoms with Crippen LogP contribution >= 0.6 is 0 Å². The molecule has 1 aromatic carbocycles. The van der Waals surface area contributed by atoms with E-state index in [1.54, 1.807) is 0 Å². The fraction of sp³-hybridized carbons (Fsp3) is 0.500. The van der Waals surface area contributed by atoms with Crippen molar-refractivity contribution < 1.29 is 4.21 Å². The van der Waals surface area contributed by atoms with Crippen molar-refractivity contribution in [3.8, 4) is 0 Å². The number of benzene rings is 1. The van der Waals surface area contributed by atoms with Gasteiger partial charge in [0, 0.05) is 10.1 Å². The highest BCUT2D eigenvalue weighted by Gasteiger charge is 2.27. The molecule has 78 valence electrons. The van der Waals surface area contributed by atoms with E-state index in [0.29, 0.717) is 5.25 Å². The van der Waals surface area contributed by atoms with Crippen molar-refractivity contribution >= 4 is 9.93 Å². The zero-order chi connectivity index (χ0) is 10.0. The smallest absolute Gasteiger partial charge is 0.0163 e. The molecule has 2 heteroatoms. The molecule has 0 unspecified atom stereocenters. The summed E-state index contributed by atoms with van der Waals surface area (Å²) in [4.78, 5) is 1.06. The van der Waals surface area contributed by atoms with Crippen LogP contribution in [0.4, 0.5) is 0 Å². The summed E-state index contributed by atoms with van der Waals surface area (Å²) in [6.07, 6.45) is 6.79. The van der Waals surface area contributed by atoms with Gasteiger partial charge < -0.3 is 0 Å². The third-order valence-electron chi connectivity index (χ3n) is 3.29. The Hall–Kier alpha value is -0.630. The maximum Gasteiger partial charge on any atom is 0.0163 e. The summed E-state index contributed by atoms with van der Waals surface area (Å²) in [6.45, 7) is 0. The summed E-state index contributed by atoms with van der Waals surface area (Å²) in [7, 11) is -2.09. The van der Waals surface area contributed by atoms with Gasteiger partial charge in [-0.2, -0.15) is 0 Å². The molecule has 0 bridgehead atoms. The Bertz CT molecular complexity index is 339. The average molecular weight is 210 g/mol. The maximum absolute atomic E-state index is 12.6. The molecule has 0 spiro atoms. The minimum Gasteiger partial charge on any atom is -0.280 e. The van der Waals surface area contributed by atoms with Gasteiger partial charge in [0.25, 0.3) is 0 Å². The largest absolute Gasteiger partial charge is 0.280 e. The molecule has 1 aliphatic carbocycles. The maximum atomic E-state index is 12.6. The zero-order valence-electron chi connectivity index (χ0n) is 8.65. The van der Waals surface area contributed by atoms with E-state index in [9.17, 15) is 4.21 Å². The zero-order valence-corrected chi connectivity index (χ0v) is 9.54. The van der Waals surface area contributed by atoms with Crippen molar-refractivity contribution in [2.75, 3.05) is 6.26 Å². The second kappa shape index (κ2) is 3.85. The Morgan fingerprint density at radius 3 is 2.29 bits per heavy atom. The predicted octanol–water partition coefficient (Wildman–Crippen LogP) is 2.63. The minimum absolute atomic E-state index is 0.449. The van der Waals surface area contributed by atoms with Crippen LogP contribution in [0.25, 0.3) is 0 Å². The molecule has 0 amide bonds. The van der Waals surface area contributed by atoms with Gasteiger partial charge in [0.05, 0.1) is 0 Å². The predicted molar refractivity (Wildman–Crippen MR) is 62.4 cm³/mol. The summed E-state index contributed by atoms with van der Waals surface area (Å²) in [5.74, 6) is 0. The first-order valence-electron chi connectivity index (χ1n) is 5.34. The van der Waals surface area contributed by atoms with Crippen LogP contribution in [0.5, 0.6) is 0 Å². The van der Waals surface area contributed by atoms with E-state index in [-0.39, 0.29) is 0 Å². The first-order valence-corrected chi connectivity index (χ1v) is 7.56. The van der Waals surface area contributed by atoms with Gasteiger partial charge in [-0.1, -0.05) is 41.0 Å². The summed E-state index contributed by atoms with van der Waals surface area (Å²) >= 11 is 0. The van der Waals surface area contributed by atoms with Crippen molar-refractivity contribution in [2.45, 2.75) is 35.8 Å². The van der Waals surface area contributed by atoms with Crippen molar-refractivity contribution in [1.82, 2.24) is 0 Å². The van der Waals surface area contributed by atoms with Crippen LogP contribution in [0.15, 0.2) is 35.2 Å². The molecule has 2 rings (SSSR count). The molecule has 0 heterocycles. The lowest BCUT2D eigenvalue weighted by Gasteiger charge is -2.25. The lowest BCUT2D eigenvalue weighted by atomic mass is 10.4. The molecular formula is C12H18OS. The SMILES string of the molecule is C[SH](=O)(c1ccccc1)C1CCCC1. The van der Waals surface area contributed by atoms with Gasteiger partial charge in [-0.15, -0.1) is 0 Å². The van der Waals surface area contributed by atoms with Gasteiger partial charge in [0.2, 0.25) is 0 Å². The number of thiol groups is 1. The van der Waals surface area contributed by atoms with Crippen LogP contribution in [0.1, 0.15) is 25.7 Å². The summed E-state index contributed by atoms with van der Waals surface area (Å²) in [5.41, 5.74) is 0. The van der Waals surface area contributed by atoms with Crippen LogP contribution in [0, 0.1) is 0 Å². The molecule has 0 saturated heterocycles. The summed E-state index contributed by atoms with van der Waals surface area (Å²) in [6, 6.07) is 9.98. The van der Waals surface area contributed by atoms with Crippen molar-refractivity contribution in [2.24, 2.45) is 0 Å². The van der Waals surface area contributed by atoms with Crippen LogP contribution in [0.2, 0.25) is 0 Å². The van der Waals surface area contributed by atoms with E-state index >= 15 is 0 Å². The molecule has 0 N–H and O–H groups in total. The number of hydrogen-bond donors (Lipinski definition) is 1. The molecule has 1 fully saturated rings. The Balaban J connectivity index is 2.28. The first-order chi connectivity index (χ1) is 6.71. The fourth-order valence-corrected chi connectivity index (χ4v) is 4.87.